The molecule has 1 saturated heterocycles. The SMILES string of the molecule is CCCCc1cccc(N2CCNCC2)c1C#N. The average Bonchev–Trinajstić information content (AvgIpc) is 2.45. The van der Waals surface area contributed by atoms with E-state index in [4.69, 9.17) is 0 Å². The quantitative estimate of drug-likeness (QED) is 0.882. The van der Waals surface area contributed by atoms with Gasteiger partial charge in [-0.25, -0.2) is 0 Å². The molecule has 1 heterocycles. The van der Waals surface area contributed by atoms with Crippen LogP contribution in [0.3, 0.4) is 0 Å². The summed E-state index contributed by atoms with van der Waals surface area (Å²) < 4.78 is 0. The van der Waals surface area contributed by atoms with Gasteiger partial charge in [-0.2, -0.15) is 5.26 Å². The lowest BCUT2D eigenvalue weighted by molar-refractivity contribution is 0.588. The molecule has 0 unspecified atom stereocenters. The van der Waals surface area contributed by atoms with Crippen molar-refractivity contribution in [3.05, 3.63) is 29.3 Å². The lowest BCUT2D eigenvalue weighted by atomic mass is 10.0. The second kappa shape index (κ2) is 6.42. The number of benzene rings is 1. The van der Waals surface area contributed by atoms with Gasteiger partial charge in [-0.15, -0.1) is 0 Å². The number of nitriles is 1. The van der Waals surface area contributed by atoms with Crippen molar-refractivity contribution in [2.45, 2.75) is 26.2 Å². The third-order valence-corrected chi connectivity index (χ3v) is 3.50. The Morgan fingerprint density at radius 3 is 2.78 bits per heavy atom. The Labute approximate surface area is 109 Å². The van der Waals surface area contributed by atoms with Crippen LogP contribution >= 0.6 is 0 Å². The van der Waals surface area contributed by atoms with Gasteiger partial charge in [0.15, 0.2) is 0 Å². The van der Waals surface area contributed by atoms with Crippen LogP contribution in [0.2, 0.25) is 0 Å². The van der Waals surface area contributed by atoms with Crippen LogP contribution in [0.4, 0.5) is 5.69 Å². The van der Waals surface area contributed by atoms with Gasteiger partial charge in [0.25, 0.3) is 0 Å². The van der Waals surface area contributed by atoms with Crippen molar-refractivity contribution < 1.29 is 0 Å². The predicted molar refractivity (Wildman–Crippen MR) is 74.9 cm³/mol. The Morgan fingerprint density at radius 2 is 2.11 bits per heavy atom. The zero-order valence-corrected chi connectivity index (χ0v) is 11.1. The van der Waals surface area contributed by atoms with Crippen LogP contribution in [0.15, 0.2) is 18.2 Å². The lowest BCUT2D eigenvalue weighted by Gasteiger charge is -2.30. The third kappa shape index (κ3) is 2.83. The molecule has 1 aliphatic rings. The number of nitrogens with zero attached hydrogens (tertiary/aromatic N) is 2. The summed E-state index contributed by atoms with van der Waals surface area (Å²) in [6.07, 6.45) is 3.34. The largest absolute Gasteiger partial charge is 0.368 e. The summed E-state index contributed by atoms with van der Waals surface area (Å²) in [4.78, 5) is 2.32. The number of hydrogen-bond acceptors (Lipinski definition) is 3. The van der Waals surface area contributed by atoms with Crippen molar-refractivity contribution in [3.63, 3.8) is 0 Å². The smallest absolute Gasteiger partial charge is 0.102 e. The fourth-order valence-electron chi connectivity index (χ4n) is 2.46. The zero-order chi connectivity index (χ0) is 12.8. The van der Waals surface area contributed by atoms with E-state index in [9.17, 15) is 5.26 Å². The summed E-state index contributed by atoms with van der Waals surface area (Å²) in [6.45, 7) is 6.18. The van der Waals surface area contributed by atoms with E-state index in [0.29, 0.717) is 0 Å². The Morgan fingerprint density at radius 1 is 1.33 bits per heavy atom. The molecule has 1 aromatic carbocycles. The molecule has 0 atom stereocenters. The minimum atomic E-state index is 0.882. The van der Waals surface area contributed by atoms with Gasteiger partial charge in [0.05, 0.1) is 11.3 Å². The molecule has 1 N–H and O–H groups in total. The van der Waals surface area contributed by atoms with Gasteiger partial charge in [-0.1, -0.05) is 25.5 Å². The summed E-state index contributed by atoms with van der Waals surface area (Å²) in [6, 6.07) is 8.67. The van der Waals surface area contributed by atoms with Gasteiger partial charge in [-0.3, -0.25) is 0 Å². The second-order valence-corrected chi connectivity index (χ2v) is 4.76. The summed E-state index contributed by atoms with van der Waals surface area (Å²) in [7, 11) is 0. The first-order valence-corrected chi connectivity index (χ1v) is 6.84. The number of anilines is 1. The third-order valence-electron chi connectivity index (χ3n) is 3.50. The molecule has 0 aromatic heterocycles. The molecule has 0 radical (unpaired) electrons. The zero-order valence-electron chi connectivity index (χ0n) is 11.1. The molecule has 1 aromatic rings. The van der Waals surface area contributed by atoms with E-state index >= 15 is 0 Å². The Kier molecular flexibility index (Phi) is 4.60. The van der Waals surface area contributed by atoms with E-state index < -0.39 is 0 Å². The first kappa shape index (κ1) is 12.9. The monoisotopic (exact) mass is 243 g/mol. The summed E-state index contributed by atoms with van der Waals surface area (Å²) in [5.41, 5.74) is 3.20. The summed E-state index contributed by atoms with van der Waals surface area (Å²) in [5.74, 6) is 0. The molecule has 0 amide bonds. The standard InChI is InChI=1S/C15H21N3/c1-2-3-5-13-6-4-7-15(14(13)12-16)18-10-8-17-9-11-18/h4,6-7,17H,2-3,5,8-11H2,1H3. The maximum atomic E-state index is 9.44. The average molecular weight is 243 g/mol. The normalized spacial score (nSPS) is 15.4. The van der Waals surface area contributed by atoms with Crippen molar-refractivity contribution in [2.24, 2.45) is 0 Å². The van der Waals surface area contributed by atoms with Crippen molar-refractivity contribution in [1.29, 1.82) is 5.26 Å². The molecule has 18 heavy (non-hydrogen) atoms. The fraction of sp³-hybridized carbons (Fsp3) is 0.533. The number of hydrogen-bond donors (Lipinski definition) is 1. The number of aryl methyl sites for hydroxylation is 1. The Hall–Kier alpha value is -1.53. The lowest BCUT2D eigenvalue weighted by Crippen LogP contribution is -2.43. The van der Waals surface area contributed by atoms with Gasteiger partial charge in [0.1, 0.15) is 6.07 Å². The first-order chi connectivity index (χ1) is 8.86. The van der Waals surface area contributed by atoms with Gasteiger partial charge in [0.2, 0.25) is 0 Å². The molecule has 1 aliphatic heterocycles. The highest BCUT2D eigenvalue weighted by Crippen LogP contribution is 2.24. The molecule has 2 rings (SSSR count). The van der Waals surface area contributed by atoms with Crippen molar-refractivity contribution in [1.82, 2.24) is 5.32 Å². The molecule has 0 spiro atoms. The Balaban J connectivity index is 2.26. The van der Waals surface area contributed by atoms with E-state index in [1.165, 1.54) is 12.0 Å². The van der Waals surface area contributed by atoms with Crippen LogP contribution in [-0.2, 0) is 6.42 Å². The van der Waals surface area contributed by atoms with Crippen LogP contribution < -0.4 is 10.2 Å². The maximum absolute atomic E-state index is 9.44. The summed E-state index contributed by atoms with van der Waals surface area (Å²) >= 11 is 0. The van der Waals surface area contributed by atoms with Crippen molar-refractivity contribution >= 4 is 5.69 Å². The van der Waals surface area contributed by atoms with E-state index in [-0.39, 0.29) is 0 Å². The molecule has 1 fully saturated rings. The molecule has 0 aliphatic carbocycles. The van der Waals surface area contributed by atoms with E-state index in [0.717, 1.165) is 50.3 Å². The van der Waals surface area contributed by atoms with E-state index in [2.05, 4.69) is 41.4 Å². The number of nitrogens with one attached hydrogen (secondary N) is 1. The fourth-order valence-corrected chi connectivity index (χ4v) is 2.46. The molecular weight excluding hydrogens is 222 g/mol. The molecule has 0 saturated carbocycles. The van der Waals surface area contributed by atoms with E-state index in [1.807, 2.05) is 0 Å². The molecule has 96 valence electrons. The highest BCUT2D eigenvalue weighted by atomic mass is 15.2. The van der Waals surface area contributed by atoms with Crippen LogP contribution in [-0.4, -0.2) is 26.2 Å². The molecular formula is C15H21N3. The second-order valence-electron chi connectivity index (χ2n) is 4.76. The highest BCUT2D eigenvalue weighted by molar-refractivity contribution is 5.62. The predicted octanol–water partition coefficient (Wildman–Crippen LogP) is 2.31. The topological polar surface area (TPSA) is 39.1 Å². The summed E-state index contributed by atoms with van der Waals surface area (Å²) in [5, 5.41) is 12.8. The minimum absolute atomic E-state index is 0.882. The molecule has 3 heteroatoms. The van der Waals surface area contributed by atoms with E-state index in [1.54, 1.807) is 0 Å². The Bertz CT molecular complexity index is 428. The molecule has 3 nitrogen and oxygen atoms in total. The highest BCUT2D eigenvalue weighted by Gasteiger charge is 2.16. The van der Waals surface area contributed by atoms with Crippen LogP contribution in [0.5, 0.6) is 0 Å². The van der Waals surface area contributed by atoms with Crippen LogP contribution in [0.1, 0.15) is 30.9 Å². The van der Waals surface area contributed by atoms with Crippen LogP contribution in [0.25, 0.3) is 0 Å². The maximum Gasteiger partial charge on any atom is 0.102 e. The minimum Gasteiger partial charge on any atom is -0.368 e. The van der Waals surface area contributed by atoms with Gasteiger partial charge >= 0.3 is 0 Å². The number of piperazine rings is 1. The van der Waals surface area contributed by atoms with Crippen molar-refractivity contribution in [2.75, 3.05) is 31.1 Å². The van der Waals surface area contributed by atoms with Gasteiger partial charge < -0.3 is 10.2 Å². The van der Waals surface area contributed by atoms with Crippen molar-refractivity contribution in [3.8, 4) is 6.07 Å². The van der Waals surface area contributed by atoms with Gasteiger partial charge in [0, 0.05) is 26.2 Å². The molecule has 0 bridgehead atoms. The van der Waals surface area contributed by atoms with Crippen LogP contribution in [0, 0.1) is 11.3 Å². The number of rotatable bonds is 4. The van der Waals surface area contributed by atoms with Gasteiger partial charge in [-0.05, 0) is 24.5 Å². The number of unbranched alkanes of at least 4 members (excludes halogenated alkanes) is 1. The first-order valence-electron chi connectivity index (χ1n) is 6.84.